The Morgan fingerprint density at radius 1 is 0.741 bits per heavy atom. The Morgan fingerprint density at radius 2 is 1.45 bits per heavy atom. The molecule has 0 N–H and O–H groups in total. The van der Waals surface area contributed by atoms with Gasteiger partial charge in [-0.25, -0.2) is 4.99 Å². The first-order chi connectivity index (χ1) is 28.4. The molecule has 9 rings (SSSR count). The highest BCUT2D eigenvalue weighted by molar-refractivity contribution is 6.15. The van der Waals surface area contributed by atoms with Crippen LogP contribution in [0.5, 0.6) is 0 Å². The second kappa shape index (κ2) is 15.4. The van der Waals surface area contributed by atoms with Crippen LogP contribution in [0.3, 0.4) is 0 Å². The molecular weight excluding hydrogens is 701 g/mol. The van der Waals surface area contributed by atoms with Crippen molar-refractivity contribution in [3.05, 3.63) is 203 Å². The summed E-state index contributed by atoms with van der Waals surface area (Å²) in [5.74, 6) is 1.08. The van der Waals surface area contributed by atoms with Gasteiger partial charge in [-0.15, -0.1) is 0 Å². The molecule has 2 heteroatoms. The number of hydrogen-bond acceptors (Lipinski definition) is 2. The van der Waals surface area contributed by atoms with Crippen molar-refractivity contribution in [1.29, 1.82) is 0 Å². The lowest BCUT2D eigenvalue weighted by atomic mass is 9.84. The fourth-order valence-corrected chi connectivity index (χ4v) is 9.49. The first-order valence-electron chi connectivity index (χ1n) is 20.8. The largest absolute Gasteiger partial charge is 0.338 e. The van der Waals surface area contributed by atoms with Crippen LogP contribution in [0.15, 0.2) is 180 Å². The maximum atomic E-state index is 5.54. The quantitative estimate of drug-likeness (QED) is 0.101. The summed E-state index contributed by atoms with van der Waals surface area (Å²) in [5, 5.41) is 4.99. The van der Waals surface area contributed by atoms with Gasteiger partial charge in [0.25, 0.3) is 0 Å². The fourth-order valence-electron chi connectivity index (χ4n) is 9.49. The van der Waals surface area contributed by atoms with E-state index < -0.39 is 0 Å². The van der Waals surface area contributed by atoms with Gasteiger partial charge >= 0.3 is 0 Å². The molecule has 3 aliphatic heterocycles. The van der Waals surface area contributed by atoms with Gasteiger partial charge in [-0.1, -0.05) is 159 Å². The fraction of sp³-hybridized carbons (Fsp3) is 0.161. The van der Waals surface area contributed by atoms with Crippen LogP contribution in [0, 0.1) is 0 Å². The van der Waals surface area contributed by atoms with E-state index in [0.29, 0.717) is 0 Å². The smallest absolute Gasteiger partial charge is 0.137 e. The number of amidine groups is 1. The Balaban J connectivity index is 1.13. The standard InChI is InChI=1S/C56H50N2/c1-7-11-19-38(9-3)56-57-54-51-34-43(29-31-49(51)53-35-52(54)55(58(53)56)37(6)27-26-36(5)39-20-13-12-14-21-39)41-23-17-22-40(32-41)42-28-30-48-47-25-16-15-24-46(47)44(10-4)45(18-8-2)50(48)33-42/h8-34,53,55H,4,7,35H2,1-3,5-6H3/b18-8-,19-11-,36-26+,37-27+,38-9+. The molecule has 4 bridgehead atoms. The molecule has 3 heterocycles. The summed E-state index contributed by atoms with van der Waals surface area (Å²) in [6.07, 6.45) is 19.7. The molecule has 0 spiro atoms. The second-order valence-corrected chi connectivity index (χ2v) is 15.7. The molecule has 2 atom stereocenters. The van der Waals surface area contributed by atoms with E-state index in [1.165, 1.54) is 93.9 Å². The molecule has 0 amide bonds. The zero-order valence-corrected chi connectivity index (χ0v) is 34.3. The first kappa shape index (κ1) is 37.1. The van der Waals surface area contributed by atoms with E-state index >= 15 is 0 Å². The number of fused-ring (bicyclic) bond motifs is 6. The molecule has 2 nitrogen and oxygen atoms in total. The summed E-state index contributed by atoms with van der Waals surface area (Å²) in [4.78, 5) is 8.15. The van der Waals surface area contributed by atoms with E-state index in [1.807, 2.05) is 6.08 Å². The van der Waals surface area contributed by atoms with Gasteiger partial charge in [0.15, 0.2) is 0 Å². The summed E-state index contributed by atoms with van der Waals surface area (Å²) in [6.45, 7) is 15.1. The minimum Gasteiger partial charge on any atom is -0.338 e. The monoisotopic (exact) mass is 750 g/mol. The summed E-state index contributed by atoms with van der Waals surface area (Å²) in [5.41, 5.74) is 17.5. The van der Waals surface area contributed by atoms with Gasteiger partial charge in [0, 0.05) is 11.1 Å². The Kier molecular flexibility index (Phi) is 9.87. The minimum absolute atomic E-state index is 0.163. The van der Waals surface area contributed by atoms with Gasteiger partial charge < -0.3 is 4.90 Å². The number of hydrogen-bond donors (Lipinski definition) is 0. The van der Waals surface area contributed by atoms with Crippen LogP contribution in [0.2, 0.25) is 0 Å². The maximum absolute atomic E-state index is 5.54. The van der Waals surface area contributed by atoms with Gasteiger partial charge in [-0.3, -0.25) is 0 Å². The molecule has 1 fully saturated rings. The van der Waals surface area contributed by atoms with Gasteiger partial charge in [-0.05, 0) is 142 Å². The van der Waals surface area contributed by atoms with Crippen molar-refractivity contribution in [2.75, 3.05) is 0 Å². The summed E-state index contributed by atoms with van der Waals surface area (Å²) < 4.78 is 0. The van der Waals surface area contributed by atoms with E-state index in [4.69, 9.17) is 4.99 Å². The predicted molar refractivity (Wildman–Crippen MR) is 252 cm³/mol. The molecular formula is C56H50N2. The Hall–Kier alpha value is -6.51. The Labute approximate surface area is 344 Å². The van der Waals surface area contributed by atoms with Crippen LogP contribution >= 0.6 is 0 Å². The number of benzene rings is 6. The SMILES string of the molecule is C=Cc1c(/C=C\C)c2cc(-c3cccc(-c4ccc5c(c4)C4=C6CC5N(C(C(/C=C\CC)=C/C)=N4)C6/C(C)=C/C=C(\C)c4ccccc4)c3)ccc2c2ccccc12. The number of allylic oxidation sites excluding steroid dienone is 6. The normalized spacial score (nSPS) is 18.0. The summed E-state index contributed by atoms with van der Waals surface area (Å²) in [6, 6.07) is 42.8. The van der Waals surface area contributed by atoms with Crippen molar-refractivity contribution in [3.63, 3.8) is 0 Å². The average molecular weight is 751 g/mol. The van der Waals surface area contributed by atoms with Gasteiger partial charge in [0.1, 0.15) is 5.84 Å². The topological polar surface area (TPSA) is 15.6 Å². The van der Waals surface area contributed by atoms with Crippen LogP contribution in [-0.4, -0.2) is 16.8 Å². The average Bonchev–Trinajstić information content (AvgIpc) is 3.45. The van der Waals surface area contributed by atoms with Crippen LogP contribution in [0.4, 0.5) is 0 Å². The lowest BCUT2D eigenvalue weighted by Crippen LogP contribution is -2.39. The molecule has 58 heavy (non-hydrogen) atoms. The van der Waals surface area contributed by atoms with Crippen molar-refractivity contribution in [2.24, 2.45) is 4.99 Å². The first-order valence-corrected chi connectivity index (χ1v) is 20.8. The summed E-state index contributed by atoms with van der Waals surface area (Å²) in [7, 11) is 0. The van der Waals surface area contributed by atoms with E-state index in [-0.39, 0.29) is 12.1 Å². The molecule has 6 aromatic rings. The molecule has 0 aromatic heterocycles. The molecule has 0 saturated carbocycles. The minimum atomic E-state index is 0.163. The van der Waals surface area contributed by atoms with Crippen molar-refractivity contribution in [2.45, 2.75) is 59.5 Å². The third kappa shape index (κ3) is 6.25. The van der Waals surface area contributed by atoms with Crippen LogP contribution in [0.25, 0.3) is 67.2 Å². The summed E-state index contributed by atoms with van der Waals surface area (Å²) >= 11 is 0. The number of rotatable bonds is 10. The van der Waals surface area contributed by atoms with Crippen LogP contribution in [-0.2, 0) is 0 Å². The highest BCUT2D eigenvalue weighted by Gasteiger charge is 2.49. The highest BCUT2D eigenvalue weighted by Crippen LogP contribution is 2.55. The molecule has 284 valence electrons. The molecule has 3 aliphatic rings. The van der Waals surface area contributed by atoms with Crippen molar-refractivity contribution < 1.29 is 0 Å². The second-order valence-electron chi connectivity index (χ2n) is 15.7. The maximum Gasteiger partial charge on any atom is 0.137 e. The van der Waals surface area contributed by atoms with Crippen molar-refractivity contribution >= 4 is 50.8 Å². The lowest BCUT2D eigenvalue weighted by molar-refractivity contribution is 0.353. The zero-order valence-electron chi connectivity index (χ0n) is 34.3. The van der Waals surface area contributed by atoms with Crippen LogP contribution < -0.4 is 0 Å². The molecule has 0 aliphatic carbocycles. The highest BCUT2D eigenvalue weighted by atomic mass is 15.3. The van der Waals surface area contributed by atoms with Crippen molar-refractivity contribution in [1.82, 2.24) is 4.90 Å². The Bertz CT molecular complexity index is 2850. The molecule has 0 radical (unpaired) electrons. The third-order valence-corrected chi connectivity index (χ3v) is 12.3. The number of aliphatic imine (C=N–C) groups is 1. The predicted octanol–water partition coefficient (Wildman–Crippen LogP) is 15.2. The van der Waals surface area contributed by atoms with E-state index in [0.717, 1.165) is 24.4 Å². The molecule has 2 unspecified atom stereocenters. The zero-order chi connectivity index (χ0) is 39.9. The lowest BCUT2D eigenvalue weighted by Gasteiger charge is -2.34. The van der Waals surface area contributed by atoms with Crippen molar-refractivity contribution in [3.8, 4) is 22.3 Å². The third-order valence-electron chi connectivity index (χ3n) is 12.3. The van der Waals surface area contributed by atoms with Crippen LogP contribution in [0.1, 0.15) is 81.3 Å². The van der Waals surface area contributed by atoms with Gasteiger partial charge in [0.05, 0.1) is 17.8 Å². The van der Waals surface area contributed by atoms with Gasteiger partial charge in [-0.2, -0.15) is 0 Å². The van der Waals surface area contributed by atoms with E-state index in [1.54, 1.807) is 0 Å². The Morgan fingerprint density at radius 3 is 2.19 bits per heavy atom. The molecule has 6 aromatic carbocycles. The number of nitrogens with zero attached hydrogens (tertiary/aromatic N) is 2. The van der Waals surface area contributed by atoms with E-state index in [2.05, 4.69) is 204 Å². The van der Waals surface area contributed by atoms with E-state index in [9.17, 15) is 0 Å². The van der Waals surface area contributed by atoms with Gasteiger partial charge in [0.2, 0.25) is 0 Å². The molecule has 1 saturated heterocycles.